The maximum Gasteiger partial charge on any atom is 0.407 e. The number of amides is 2. The molecule has 1 atom stereocenters. The Balaban J connectivity index is 1.18. The van der Waals surface area contributed by atoms with Crippen molar-refractivity contribution in [2.24, 2.45) is 10.3 Å². The number of hydrogen-bond donors (Lipinski definition) is 2. The van der Waals surface area contributed by atoms with E-state index in [1.165, 1.54) is 14.2 Å². The summed E-state index contributed by atoms with van der Waals surface area (Å²) in [6.07, 6.45) is -0.482. The molecular formula is C62H69Br5N4O12Si. The average Bonchev–Trinajstić information content (AvgIpc) is 3.22. The molecule has 6 aromatic carbocycles. The van der Waals surface area contributed by atoms with Crippen LogP contribution in [0.2, 0.25) is 18.1 Å². The SMILES string of the molecule is COC(=O)/C(Cc1cc(Br)c(OC)c(Oc2ccc(C/C(=N\OCc3ccccc3)C(=O)NCCc3cc(Br)c(OC)c(Oc4c(Br)cc([C@@H](CNC(=O)OC(C)(C)C)O[Si](C)(C)C(C)(C)C)cc4Br)c3)cc2Br)c1)=N\OCc1ccccc1. The summed E-state index contributed by atoms with van der Waals surface area (Å²) in [5, 5.41) is 14.3. The average molecular weight is 1490 g/mol. The quantitative estimate of drug-likeness (QED) is 0.0227. The molecule has 0 aliphatic carbocycles. The zero-order chi connectivity index (χ0) is 61.4. The Morgan fingerprint density at radius 2 is 1.07 bits per heavy atom. The minimum Gasteiger partial charge on any atom is -0.492 e. The topological polar surface area (TPSA) is 183 Å². The summed E-state index contributed by atoms with van der Waals surface area (Å²) >= 11 is 18.5. The normalized spacial score (nSPS) is 12.4. The first-order chi connectivity index (χ1) is 39.8. The molecule has 0 aromatic heterocycles. The van der Waals surface area contributed by atoms with E-state index in [0.29, 0.717) is 68.8 Å². The number of oxime groups is 2. The van der Waals surface area contributed by atoms with Gasteiger partial charge in [0.15, 0.2) is 42.8 Å². The van der Waals surface area contributed by atoms with Crippen molar-refractivity contribution in [2.75, 3.05) is 34.4 Å². The van der Waals surface area contributed by atoms with Crippen molar-refractivity contribution in [3.8, 4) is 34.5 Å². The molecule has 0 aliphatic rings. The van der Waals surface area contributed by atoms with Gasteiger partial charge in [-0.1, -0.05) is 97.8 Å². The molecule has 6 aromatic rings. The fourth-order valence-corrected chi connectivity index (χ4v) is 12.3. The molecule has 0 saturated heterocycles. The van der Waals surface area contributed by atoms with Crippen LogP contribution in [0.3, 0.4) is 0 Å². The predicted molar refractivity (Wildman–Crippen MR) is 346 cm³/mol. The molecule has 2 amide bonds. The van der Waals surface area contributed by atoms with Crippen molar-refractivity contribution in [3.05, 3.63) is 171 Å². The van der Waals surface area contributed by atoms with Crippen LogP contribution < -0.4 is 29.6 Å². The minimum atomic E-state index is -2.34. The summed E-state index contributed by atoms with van der Waals surface area (Å²) in [5.41, 5.74) is 4.31. The second kappa shape index (κ2) is 31.1. The Labute approximate surface area is 534 Å². The number of halogens is 5. The van der Waals surface area contributed by atoms with Gasteiger partial charge in [-0.2, -0.15) is 0 Å². The third-order valence-electron chi connectivity index (χ3n) is 13.1. The van der Waals surface area contributed by atoms with Crippen LogP contribution in [0.1, 0.15) is 81.0 Å². The van der Waals surface area contributed by atoms with Gasteiger partial charge in [-0.05, 0) is 207 Å². The van der Waals surface area contributed by atoms with Gasteiger partial charge in [0.2, 0.25) is 0 Å². The molecule has 6 rings (SSSR count). The van der Waals surface area contributed by atoms with Crippen molar-refractivity contribution in [2.45, 2.75) is 104 Å². The van der Waals surface area contributed by atoms with Gasteiger partial charge in [0.25, 0.3) is 5.91 Å². The third-order valence-corrected chi connectivity index (χ3v) is 20.5. The Morgan fingerprint density at radius 3 is 1.61 bits per heavy atom. The molecule has 448 valence electrons. The molecular weight excluding hydrogens is 1420 g/mol. The largest absolute Gasteiger partial charge is 0.492 e. The van der Waals surface area contributed by atoms with Crippen LogP contribution in [0.5, 0.6) is 34.5 Å². The van der Waals surface area contributed by atoms with Crippen molar-refractivity contribution < 1.29 is 56.9 Å². The predicted octanol–water partition coefficient (Wildman–Crippen LogP) is 16.5. The van der Waals surface area contributed by atoms with Crippen molar-refractivity contribution >= 4 is 117 Å². The van der Waals surface area contributed by atoms with Crippen molar-refractivity contribution in [1.29, 1.82) is 0 Å². The van der Waals surface area contributed by atoms with Crippen molar-refractivity contribution in [1.82, 2.24) is 10.6 Å². The number of rotatable bonds is 26. The number of carbonyl (C=O) groups is 3. The summed E-state index contributed by atoms with van der Waals surface area (Å²) in [4.78, 5) is 51.1. The van der Waals surface area contributed by atoms with Gasteiger partial charge in [0.1, 0.15) is 30.3 Å². The molecule has 0 saturated carbocycles. The Kier molecular flexibility index (Phi) is 24.9. The maximum atomic E-state index is 14.1. The molecule has 0 heterocycles. The molecule has 0 fully saturated rings. The van der Waals surface area contributed by atoms with Crippen LogP contribution in [0.25, 0.3) is 0 Å². The zero-order valence-corrected chi connectivity index (χ0v) is 57.6. The number of methoxy groups -OCH3 is 3. The number of hydrogen-bond acceptors (Lipinski definition) is 14. The Hall–Kier alpha value is -5.75. The molecule has 0 spiro atoms. The highest BCUT2D eigenvalue weighted by Crippen LogP contribution is 2.47. The van der Waals surface area contributed by atoms with E-state index < -0.39 is 38.0 Å². The highest BCUT2D eigenvalue weighted by atomic mass is 79.9. The van der Waals surface area contributed by atoms with Gasteiger partial charge in [-0.15, -0.1) is 0 Å². The number of ether oxygens (including phenoxy) is 6. The third kappa shape index (κ3) is 19.9. The number of esters is 1. The highest BCUT2D eigenvalue weighted by molar-refractivity contribution is 9.11. The lowest BCUT2D eigenvalue weighted by atomic mass is 10.1. The fraction of sp³-hybridized carbons (Fsp3) is 0.339. The monoisotopic (exact) mass is 1480 g/mol. The minimum absolute atomic E-state index is 0.0527. The smallest absolute Gasteiger partial charge is 0.407 e. The molecule has 0 bridgehead atoms. The zero-order valence-electron chi connectivity index (χ0n) is 48.7. The first kappa shape index (κ1) is 67.4. The van der Waals surface area contributed by atoms with E-state index in [9.17, 15) is 14.4 Å². The molecule has 22 heteroatoms. The van der Waals surface area contributed by atoms with Crippen LogP contribution in [0.15, 0.2) is 148 Å². The van der Waals surface area contributed by atoms with E-state index in [1.807, 2.05) is 118 Å². The molecule has 2 N–H and O–H groups in total. The van der Waals surface area contributed by atoms with Crippen LogP contribution in [0.4, 0.5) is 4.79 Å². The molecule has 84 heavy (non-hydrogen) atoms. The lowest BCUT2D eigenvalue weighted by molar-refractivity contribution is -0.133. The number of carbonyl (C=O) groups excluding carboxylic acids is 3. The lowest BCUT2D eigenvalue weighted by Crippen LogP contribution is -2.44. The van der Waals surface area contributed by atoms with Gasteiger partial charge >= 0.3 is 12.1 Å². The Bertz CT molecular complexity index is 3300. The van der Waals surface area contributed by atoms with Gasteiger partial charge in [-0.25, -0.2) is 9.59 Å². The van der Waals surface area contributed by atoms with E-state index >= 15 is 0 Å². The van der Waals surface area contributed by atoms with Gasteiger partial charge in [0, 0.05) is 19.4 Å². The number of benzene rings is 6. The van der Waals surface area contributed by atoms with E-state index in [2.05, 4.69) is 134 Å². The number of alkyl carbamates (subject to hydrolysis) is 1. The first-order valence-electron chi connectivity index (χ1n) is 26.6. The number of nitrogens with zero attached hydrogens (tertiary/aromatic N) is 2. The van der Waals surface area contributed by atoms with Gasteiger partial charge < -0.3 is 53.2 Å². The van der Waals surface area contributed by atoms with Crippen molar-refractivity contribution in [3.63, 3.8) is 0 Å². The lowest BCUT2D eigenvalue weighted by Gasteiger charge is -2.39. The van der Waals surface area contributed by atoms with E-state index in [1.54, 1.807) is 25.3 Å². The standard InChI is InChI=1S/C62H69Br5N4O12Si/c1-61(2,3)82-60(74)69-35-54(83-84(10,11)62(4,5)6)43-33-47(66)55(48(67)34-43)81-53-31-41(27-45(64)57(53)76-8)24-25-68-58(72)49(70-78-36-38-18-14-12-15-19-38)29-40-22-23-51(44(63)26-40)80-52-32-42(28-46(65)56(52)75-7)30-50(59(73)77-9)71-79-37-39-20-16-13-17-21-39/h12-23,26-28,31-34,54H,24-25,29-30,35-37H2,1-11H3,(H,68,72)(H,69,74)/b70-49+,71-50-/t54-/m1/s1. The van der Waals surface area contributed by atoms with E-state index in [0.717, 1.165) is 27.8 Å². The summed E-state index contributed by atoms with van der Waals surface area (Å²) in [5.74, 6) is 1.48. The summed E-state index contributed by atoms with van der Waals surface area (Å²) < 4.78 is 45.1. The molecule has 16 nitrogen and oxygen atoms in total. The molecule has 0 radical (unpaired) electrons. The van der Waals surface area contributed by atoms with Gasteiger partial charge in [0.05, 0.1) is 56.3 Å². The Morgan fingerprint density at radius 1 is 0.560 bits per heavy atom. The first-order valence-corrected chi connectivity index (χ1v) is 33.5. The van der Waals surface area contributed by atoms with Crippen LogP contribution in [0, 0.1) is 0 Å². The summed E-state index contributed by atoms with van der Waals surface area (Å²) in [6, 6.07) is 35.6. The van der Waals surface area contributed by atoms with E-state index in [-0.39, 0.29) is 55.6 Å². The van der Waals surface area contributed by atoms with E-state index in [4.69, 9.17) is 42.5 Å². The molecule has 0 aliphatic heterocycles. The second-order valence-corrected chi connectivity index (χ2v) is 30.7. The summed E-state index contributed by atoms with van der Waals surface area (Å²) in [6.45, 7) is 17.0. The second-order valence-electron chi connectivity index (χ2n) is 21.7. The fourth-order valence-electron chi connectivity index (χ4n) is 7.86. The van der Waals surface area contributed by atoms with Crippen LogP contribution in [-0.4, -0.2) is 77.7 Å². The van der Waals surface area contributed by atoms with Crippen LogP contribution in [-0.2, 0) is 65.6 Å². The number of nitrogens with one attached hydrogen (secondary N) is 2. The van der Waals surface area contributed by atoms with Gasteiger partial charge in [-0.3, -0.25) is 4.79 Å². The molecule has 0 unspecified atom stereocenters. The highest BCUT2D eigenvalue weighted by Gasteiger charge is 2.40. The maximum absolute atomic E-state index is 14.1. The van der Waals surface area contributed by atoms with Crippen LogP contribution >= 0.6 is 79.6 Å². The summed E-state index contributed by atoms with van der Waals surface area (Å²) in [7, 11) is 2.03.